The van der Waals surface area contributed by atoms with E-state index >= 15 is 0 Å². The largest absolute Gasteiger partial charge is 0.497 e. The molecular weight excluding hydrogens is 444 g/mol. The molecule has 7 nitrogen and oxygen atoms in total. The first-order valence-electron chi connectivity index (χ1n) is 12.4. The molecule has 0 N–H and O–H groups in total. The van der Waals surface area contributed by atoms with Crippen molar-refractivity contribution in [3.8, 4) is 5.75 Å². The molecule has 3 rings (SSSR count). The summed E-state index contributed by atoms with van der Waals surface area (Å²) in [6, 6.07) is 17.5. The maximum atomic E-state index is 13.2. The highest BCUT2D eigenvalue weighted by Crippen LogP contribution is 2.19. The molecule has 2 amide bonds. The lowest BCUT2D eigenvalue weighted by Crippen LogP contribution is -2.44. The Morgan fingerprint density at radius 1 is 1.00 bits per heavy atom. The average Bonchev–Trinajstić information content (AvgIpc) is 2.89. The lowest BCUT2D eigenvalue weighted by molar-refractivity contribution is -0.151. The summed E-state index contributed by atoms with van der Waals surface area (Å²) in [5.41, 5.74) is 2.05. The van der Waals surface area contributed by atoms with Crippen LogP contribution < -0.4 is 4.74 Å². The van der Waals surface area contributed by atoms with E-state index in [9.17, 15) is 14.4 Å². The van der Waals surface area contributed by atoms with Gasteiger partial charge in [-0.3, -0.25) is 14.4 Å². The Hall–Kier alpha value is -3.35. The number of esters is 1. The van der Waals surface area contributed by atoms with Gasteiger partial charge in [0, 0.05) is 32.6 Å². The molecule has 188 valence electrons. The highest BCUT2D eigenvalue weighted by atomic mass is 16.5. The third kappa shape index (κ3) is 8.12. The highest BCUT2D eigenvalue weighted by Gasteiger charge is 2.29. The molecule has 1 atom stereocenters. The molecule has 0 aliphatic carbocycles. The van der Waals surface area contributed by atoms with Gasteiger partial charge in [0.15, 0.2) is 0 Å². The second-order valence-electron chi connectivity index (χ2n) is 8.82. The zero-order chi connectivity index (χ0) is 25.0. The van der Waals surface area contributed by atoms with Crippen molar-refractivity contribution < 1.29 is 23.9 Å². The van der Waals surface area contributed by atoms with E-state index in [0.29, 0.717) is 32.8 Å². The lowest BCUT2D eigenvalue weighted by atomic mass is 9.98. The molecule has 1 aliphatic rings. The summed E-state index contributed by atoms with van der Waals surface area (Å²) < 4.78 is 10.3. The van der Waals surface area contributed by atoms with Crippen LogP contribution in [0.5, 0.6) is 5.75 Å². The van der Waals surface area contributed by atoms with E-state index in [0.717, 1.165) is 36.1 Å². The van der Waals surface area contributed by atoms with Crippen molar-refractivity contribution >= 4 is 17.8 Å². The van der Waals surface area contributed by atoms with E-state index in [-0.39, 0.29) is 36.5 Å². The van der Waals surface area contributed by atoms with Crippen LogP contribution in [0, 0.1) is 5.92 Å². The number of piperidine rings is 1. The van der Waals surface area contributed by atoms with E-state index in [1.165, 1.54) is 0 Å². The van der Waals surface area contributed by atoms with Crippen LogP contribution in [-0.4, -0.2) is 67.5 Å². The number of hydrogen-bond acceptors (Lipinski definition) is 5. The van der Waals surface area contributed by atoms with Gasteiger partial charge in [0.05, 0.1) is 26.1 Å². The zero-order valence-corrected chi connectivity index (χ0v) is 20.8. The Bertz CT molecular complexity index is 961. The predicted octanol–water partition coefficient (Wildman–Crippen LogP) is 3.50. The summed E-state index contributed by atoms with van der Waals surface area (Å²) in [5.74, 6) is 0.209. The van der Waals surface area contributed by atoms with Crippen LogP contribution in [-0.2, 0) is 32.0 Å². The van der Waals surface area contributed by atoms with Gasteiger partial charge >= 0.3 is 5.97 Å². The number of amides is 2. The highest BCUT2D eigenvalue weighted by molar-refractivity contribution is 5.81. The molecule has 2 aromatic carbocycles. The van der Waals surface area contributed by atoms with E-state index in [2.05, 4.69) is 0 Å². The molecule has 1 heterocycles. The second-order valence-corrected chi connectivity index (χ2v) is 8.82. The fourth-order valence-electron chi connectivity index (χ4n) is 4.34. The van der Waals surface area contributed by atoms with Crippen molar-refractivity contribution in [1.29, 1.82) is 0 Å². The van der Waals surface area contributed by atoms with Crippen LogP contribution >= 0.6 is 0 Å². The summed E-state index contributed by atoms with van der Waals surface area (Å²) in [6.07, 6.45) is 2.74. The van der Waals surface area contributed by atoms with Gasteiger partial charge < -0.3 is 19.3 Å². The number of hydrogen-bond donors (Lipinski definition) is 0. The smallest absolute Gasteiger partial charge is 0.310 e. The molecule has 7 heteroatoms. The number of rotatable bonds is 11. The standard InChI is InChI=1S/C28H36N2O5/c1-3-35-28(33)24-10-7-17-30(21-24)26(31)16-19-29(18-15-22-8-5-4-6-9-22)27(32)20-23-11-13-25(34-2)14-12-23/h4-6,8-9,11-14,24H,3,7,10,15-21H2,1-2H3. The minimum absolute atomic E-state index is 0.0121. The summed E-state index contributed by atoms with van der Waals surface area (Å²) in [4.78, 5) is 41.8. The van der Waals surface area contributed by atoms with Gasteiger partial charge in [-0.05, 0) is 49.4 Å². The van der Waals surface area contributed by atoms with Gasteiger partial charge in [-0.1, -0.05) is 42.5 Å². The van der Waals surface area contributed by atoms with E-state index < -0.39 is 0 Å². The molecule has 0 bridgehead atoms. The van der Waals surface area contributed by atoms with Crippen LogP contribution in [0.15, 0.2) is 54.6 Å². The van der Waals surface area contributed by atoms with E-state index in [1.807, 2.05) is 54.6 Å². The lowest BCUT2D eigenvalue weighted by Gasteiger charge is -2.32. The molecule has 1 aliphatic heterocycles. The molecule has 2 aromatic rings. The number of nitrogens with zero attached hydrogens (tertiary/aromatic N) is 2. The Balaban J connectivity index is 1.60. The van der Waals surface area contributed by atoms with Crippen molar-refractivity contribution in [2.24, 2.45) is 5.92 Å². The maximum absolute atomic E-state index is 13.2. The summed E-state index contributed by atoms with van der Waals surface area (Å²) >= 11 is 0. The molecule has 0 radical (unpaired) electrons. The first-order valence-corrected chi connectivity index (χ1v) is 12.4. The van der Waals surface area contributed by atoms with Crippen LogP contribution in [0.25, 0.3) is 0 Å². The third-order valence-corrected chi connectivity index (χ3v) is 6.37. The maximum Gasteiger partial charge on any atom is 0.310 e. The number of carbonyl (C=O) groups is 3. The quantitative estimate of drug-likeness (QED) is 0.460. The molecule has 0 spiro atoms. The van der Waals surface area contributed by atoms with Gasteiger partial charge in [0.1, 0.15) is 5.75 Å². The minimum Gasteiger partial charge on any atom is -0.497 e. The normalized spacial score (nSPS) is 15.4. The number of carbonyl (C=O) groups excluding carboxylic acids is 3. The number of likely N-dealkylation sites (tertiary alicyclic amines) is 1. The minimum atomic E-state index is -0.265. The molecule has 1 fully saturated rings. The summed E-state index contributed by atoms with van der Waals surface area (Å²) in [6.45, 7) is 4.05. The Labute approximate surface area is 208 Å². The van der Waals surface area contributed by atoms with Crippen molar-refractivity contribution in [1.82, 2.24) is 9.80 Å². The molecule has 1 saturated heterocycles. The van der Waals surface area contributed by atoms with Crippen molar-refractivity contribution in [3.05, 3.63) is 65.7 Å². The van der Waals surface area contributed by atoms with Gasteiger partial charge in [0.2, 0.25) is 11.8 Å². The van der Waals surface area contributed by atoms with E-state index in [4.69, 9.17) is 9.47 Å². The average molecular weight is 481 g/mol. The van der Waals surface area contributed by atoms with E-state index in [1.54, 1.807) is 23.8 Å². The molecular formula is C28H36N2O5. The number of benzene rings is 2. The molecule has 0 aromatic heterocycles. The van der Waals surface area contributed by atoms with Crippen molar-refractivity contribution in [2.75, 3.05) is 39.9 Å². The van der Waals surface area contributed by atoms with Crippen LogP contribution in [0.4, 0.5) is 0 Å². The second kappa shape index (κ2) is 13.5. The van der Waals surface area contributed by atoms with Crippen molar-refractivity contribution in [3.63, 3.8) is 0 Å². The van der Waals surface area contributed by atoms with Gasteiger partial charge in [-0.15, -0.1) is 0 Å². The molecule has 35 heavy (non-hydrogen) atoms. The monoisotopic (exact) mass is 480 g/mol. The number of ether oxygens (including phenoxy) is 2. The van der Waals surface area contributed by atoms with Crippen LogP contribution in [0.2, 0.25) is 0 Å². The van der Waals surface area contributed by atoms with Gasteiger partial charge in [0.25, 0.3) is 0 Å². The fraction of sp³-hybridized carbons (Fsp3) is 0.464. The summed E-state index contributed by atoms with van der Waals surface area (Å²) in [5, 5.41) is 0. The Morgan fingerprint density at radius 2 is 1.74 bits per heavy atom. The van der Waals surface area contributed by atoms with Crippen molar-refractivity contribution in [2.45, 2.75) is 39.0 Å². The van der Waals surface area contributed by atoms with Crippen LogP contribution in [0.1, 0.15) is 37.3 Å². The first-order chi connectivity index (χ1) is 17.0. The molecule has 0 saturated carbocycles. The Morgan fingerprint density at radius 3 is 2.43 bits per heavy atom. The topological polar surface area (TPSA) is 76.2 Å². The van der Waals surface area contributed by atoms with Crippen LogP contribution in [0.3, 0.4) is 0 Å². The predicted molar refractivity (Wildman–Crippen MR) is 134 cm³/mol. The first kappa shape index (κ1) is 26.3. The Kier molecular flexibility index (Phi) is 10.1. The zero-order valence-electron chi connectivity index (χ0n) is 20.8. The SMILES string of the molecule is CCOC(=O)C1CCCN(C(=O)CCN(CCc2ccccc2)C(=O)Cc2ccc(OC)cc2)C1. The van der Waals surface area contributed by atoms with Gasteiger partial charge in [-0.2, -0.15) is 0 Å². The molecule has 1 unspecified atom stereocenters. The van der Waals surface area contributed by atoms with Gasteiger partial charge in [-0.25, -0.2) is 0 Å². The third-order valence-electron chi connectivity index (χ3n) is 6.37. The fourth-order valence-corrected chi connectivity index (χ4v) is 4.34. The summed E-state index contributed by atoms with van der Waals surface area (Å²) in [7, 11) is 1.61. The number of methoxy groups -OCH3 is 1.